The number of alkyl halides is 12. The molecule has 0 unspecified atom stereocenters. The van der Waals surface area contributed by atoms with E-state index in [1.165, 1.54) is 64.1 Å². The van der Waals surface area contributed by atoms with E-state index in [1.807, 2.05) is 164 Å². The highest BCUT2D eigenvalue weighted by molar-refractivity contribution is 6.37. The maximum atomic E-state index is 14.8. The molecule has 0 atom stereocenters. The van der Waals surface area contributed by atoms with Crippen LogP contribution < -0.4 is 0 Å². The summed E-state index contributed by atoms with van der Waals surface area (Å²) in [6.45, 7) is 5.69. The van der Waals surface area contributed by atoms with Gasteiger partial charge in [-0.2, -0.15) is 52.7 Å². The molecule has 482 valence electrons. The average molecular weight is 1320 g/mol. The summed E-state index contributed by atoms with van der Waals surface area (Å²) in [4.78, 5) is 0. The van der Waals surface area contributed by atoms with Crippen molar-refractivity contribution in [2.75, 3.05) is 0 Å². The molecule has 0 bridgehead atoms. The normalized spacial score (nSPS) is 12.5. The third-order valence-electron chi connectivity index (χ3n) is 19.3. The largest absolute Gasteiger partial charge is 0.416 e. The summed E-state index contributed by atoms with van der Waals surface area (Å²) in [6, 6.07) is 74.8. The first kappa shape index (κ1) is 63.1. The Morgan fingerprint density at radius 3 is 0.929 bits per heavy atom. The van der Waals surface area contributed by atoms with E-state index in [-0.39, 0.29) is 22.3 Å². The molecule has 0 N–H and O–H groups in total. The predicted octanol–water partition coefficient (Wildman–Crippen LogP) is 27.2. The molecular formula is C86H54F12. The summed E-state index contributed by atoms with van der Waals surface area (Å²) in [5, 5.41) is 7.28. The van der Waals surface area contributed by atoms with Gasteiger partial charge in [-0.25, -0.2) is 0 Å². The van der Waals surface area contributed by atoms with E-state index in [4.69, 9.17) is 0 Å². The molecule has 15 aromatic rings. The van der Waals surface area contributed by atoms with Crippen LogP contribution in [0.2, 0.25) is 0 Å². The second kappa shape index (κ2) is 23.4. The highest BCUT2D eigenvalue weighted by Crippen LogP contribution is 2.55. The van der Waals surface area contributed by atoms with Crippen molar-refractivity contribution in [2.24, 2.45) is 0 Å². The molecular weight excluding hydrogens is 1260 g/mol. The van der Waals surface area contributed by atoms with Crippen LogP contribution in [0.3, 0.4) is 0 Å². The van der Waals surface area contributed by atoms with Gasteiger partial charge in [0.05, 0.1) is 22.3 Å². The summed E-state index contributed by atoms with van der Waals surface area (Å²) in [5.41, 5.74) is 8.49. The average Bonchev–Trinajstić information content (AvgIpc) is 0.703. The highest BCUT2D eigenvalue weighted by Gasteiger charge is 2.37. The third-order valence-corrected chi connectivity index (χ3v) is 19.3. The molecule has 0 fully saturated rings. The number of hydrogen-bond acceptors (Lipinski definition) is 0. The monoisotopic (exact) mass is 1310 g/mol. The molecule has 0 aliphatic heterocycles. The fraction of sp³-hybridized carbons (Fsp3) is 0.0930. The van der Waals surface area contributed by atoms with Gasteiger partial charge in [0, 0.05) is 0 Å². The summed E-state index contributed by atoms with van der Waals surface area (Å²) < 4.78 is 175. The van der Waals surface area contributed by atoms with Crippen LogP contribution in [0.25, 0.3) is 154 Å². The van der Waals surface area contributed by atoms with Gasteiger partial charge in [0.2, 0.25) is 0 Å². The zero-order valence-corrected chi connectivity index (χ0v) is 52.8. The Bertz CT molecular complexity index is 5680. The predicted molar refractivity (Wildman–Crippen MR) is 373 cm³/mol. The van der Waals surface area contributed by atoms with Crippen LogP contribution in [-0.2, 0) is 24.7 Å². The van der Waals surface area contributed by atoms with Crippen LogP contribution in [0.15, 0.2) is 255 Å². The molecule has 15 rings (SSSR count). The third kappa shape index (κ3) is 10.9. The van der Waals surface area contributed by atoms with Crippen LogP contribution in [0.5, 0.6) is 0 Å². The number of benzene rings is 15. The first-order chi connectivity index (χ1) is 46.8. The van der Waals surface area contributed by atoms with E-state index < -0.39 is 47.0 Å². The Labute approximate surface area is 555 Å². The summed E-state index contributed by atoms with van der Waals surface area (Å²) in [5.74, 6) is 0. The molecule has 0 amide bonds. The number of rotatable bonds is 9. The van der Waals surface area contributed by atoms with Gasteiger partial charge in [-0.1, -0.05) is 224 Å². The van der Waals surface area contributed by atoms with Crippen molar-refractivity contribution in [1.29, 1.82) is 0 Å². The minimum atomic E-state index is -4.65. The Balaban J connectivity index is 1.06. The molecule has 0 radical (unpaired) electrons. The summed E-state index contributed by atoms with van der Waals surface area (Å²) in [7, 11) is 0. The van der Waals surface area contributed by atoms with Crippen molar-refractivity contribution in [3.8, 4) is 100 Å². The molecule has 0 nitrogen and oxygen atoms in total. The van der Waals surface area contributed by atoms with Gasteiger partial charge in [0.15, 0.2) is 0 Å². The second-order valence-electron chi connectivity index (χ2n) is 25.2. The van der Waals surface area contributed by atoms with Crippen molar-refractivity contribution in [3.63, 3.8) is 0 Å². The Morgan fingerprint density at radius 2 is 0.490 bits per heavy atom. The minimum Gasteiger partial charge on any atom is -0.166 e. The minimum absolute atomic E-state index is 0.0627. The lowest BCUT2D eigenvalue weighted by Crippen LogP contribution is -2.07. The quantitative estimate of drug-likeness (QED) is 0.0768. The van der Waals surface area contributed by atoms with E-state index in [1.54, 1.807) is 36.4 Å². The van der Waals surface area contributed by atoms with Crippen molar-refractivity contribution in [3.05, 3.63) is 299 Å². The SMILES string of the molecule is Cc1ccc(-c2ccc(-c3c(-c4ccccc4)c(-c4ccccc4)c(-c4ccc(-c5ccc(C)c(C(F)(F)F)c5)cc4)c4cc(-c5ccc6c(-c7ccc(C)c(C(F)(F)F)c7)ccc7c8ccc(-c9ccc(C)c(C(F)(F)F)c9)c9cccc(c5c67)c98)ccc34)cc2)cc1C(F)(F)F. The Hall–Kier alpha value is -11.0. The number of halogens is 12. The van der Waals surface area contributed by atoms with Crippen molar-refractivity contribution in [2.45, 2.75) is 52.4 Å². The van der Waals surface area contributed by atoms with Crippen molar-refractivity contribution >= 4 is 53.9 Å². The molecule has 15 aromatic carbocycles. The Morgan fingerprint density at radius 1 is 0.184 bits per heavy atom. The van der Waals surface area contributed by atoms with Gasteiger partial charge in [0.25, 0.3) is 0 Å². The summed E-state index contributed by atoms with van der Waals surface area (Å²) >= 11 is 0. The maximum Gasteiger partial charge on any atom is 0.416 e. The topological polar surface area (TPSA) is 0 Å². The lowest BCUT2D eigenvalue weighted by molar-refractivity contribution is -0.138. The van der Waals surface area contributed by atoms with Crippen molar-refractivity contribution in [1.82, 2.24) is 0 Å². The van der Waals surface area contributed by atoms with Gasteiger partial charge >= 0.3 is 24.7 Å². The van der Waals surface area contributed by atoms with Gasteiger partial charge in [-0.3, -0.25) is 0 Å². The number of fused-ring (bicyclic) bond motifs is 3. The fourth-order valence-electron chi connectivity index (χ4n) is 14.6. The first-order valence-electron chi connectivity index (χ1n) is 31.6. The summed E-state index contributed by atoms with van der Waals surface area (Å²) in [6.07, 6.45) is -18.5. The number of aryl methyl sites for hydroxylation is 4. The van der Waals surface area contributed by atoms with Gasteiger partial charge < -0.3 is 0 Å². The van der Waals surface area contributed by atoms with E-state index >= 15 is 0 Å². The number of hydrogen-bond donors (Lipinski definition) is 0. The smallest absolute Gasteiger partial charge is 0.166 e. The molecule has 0 aliphatic rings. The van der Waals surface area contributed by atoms with Crippen LogP contribution >= 0.6 is 0 Å². The molecule has 98 heavy (non-hydrogen) atoms. The molecule has 0 spiro atoms. The lowest BCUT2D eigenvalue weighted by atomic mass is 9.77. The first-order valence-corrected chi connectivity index (χ1v) is 31.6. The molecule has 0 saturated carbocycles. The zero-order chi connectivity index (χ0) is 68.5. The van der Waals surface area contributed by atoms with Crippen LogP contribution in [0, 0.1) is 27.7 Å². The van der Waals surface area contributed by atoms with Crippen LogP contribution in [-0.4, -0.2) is 0 Å². The Kier molecular flexibility index (Phi) is 15.1. The van der Waals surface area contributed by atoms with Gasteiger partial charge in [-0.05, 0) is 234 Å². The molecule has 0 saturated heterocycles. The van der Waals surface area contributed by atoms with E-state index in [0.29, 0.717) is 72.0 Å². The van der Waals surface area contributed by atoms with Gasteiger partial charge in [0.1, 0.15) is 0 Å². The van der Waals surface area contributed by atoms with E-state index in [0.717, 1.165) is 94.2 Å². The molecule has 0 aromatic heterocycles. The van der Waals surface area contributed by atoms with Gasteiger partial charge in [-0.15, -0.1) is 0 Å². The lowest BCUT2D eigenvalue weighted by Gasteiger charge is -2.25. The maximum absolute atomic E-state index is 14.8. The van der Waals surface area contributed by atoms with Crippen LogP contribution in [0.4, 0.5) is 52.7 Å². The molecule has 0 aliphatic carbocycles. The molecule has 0 heterocycles. The van der Waals surface area contributed by atoms with E-state index in [2.05, 4.69) is 6.07 Å². The fourth-order valence-corrected chi connectivity index (χ4v) is 14.6. The molecule has 12 heteroatoms. The van der Waals surface area contributed by atoms with Crippen LogP contribution in [0.1, 0.15) is 44.5 Å². The van der Waals surface area contributed by atoms with Crippen molar-refractivity contribution < 1.29 is 52.7 Å². The standard InChI is InChI=1S/C86H54F12/c1-47-18-22-57(43-72(47)83(87,88)89)51-26-30-55(31-27-51)76-69-35-34-59(42-71(69)77(79(54-14-9-6-10-15-54)78(76)53-12-7-5-8-13-53)56-32-28-52(29-33-56)58-23-19-48(2)73(44-58)84(90,91)92)64-38-41-66-63(61-25-21-50(4)75(46-61)86(96,97)98)37-40-68-67-39-36-62(60-24-20-49(3)74(45-60)85(93,94)95)65-16-11-17-70(80(65)67)81(64)82(66)68/h5-46H,1-4H3. The zero-order valence-electron chi connectivity index (χ0n) is 52.8. The highest BCUT2D eigenvalue weighted by atomic mass is 19.4. The van der Waals surface area contributed by atoms with E-state index in [9.17, 15) is 52.7 Å². The second-order valence-corrected chi connectivity index (χ2v) is 25.2.